The Morgan fingerprint density at radius 3 is 2.32 bits per heavy atom. The van der Waals surface area contributed by atoms with Gasteiger partial charge in [-0.15, -0.1) is 0 Å². The summed E-state index contributed by atoms with van der Waals surface area (Å²) in [4.78, 5) is 26.2. The Morgan fingerprint density at radius 2 is 1.82 bits per heavy atom. The van der Waals surface area contributed by atoms with Gasteiger partial charge in [0.05, 0.1) is 5.92 Å². The van der Waals surface area contributed by atoms with Crippen molar-refractivity contribution in [1.29, 1.82) is 0 Å². The standard InChI is InChI=1S/C17H25N3O2/c1-4-20(5-2)17(22)13-6-8-14(9-7-13)19-16(21)15-11-18-10-12(15)3/h6-9,12,15,18H,4-5,10-11H2,1-3H3,(H,19,21)/t12-,15-/m1/s1. The van der Waals surface area contributed by atoms with E-state index in [9.17, 15) is 9.59 Å². The van der Waals surface area contributed by atoms with E-state index in [1.807, 2.05) is 13.8 Å². The molecule has 0 spiro atoms. The molecule has 0 bridgehead atoms. The number of amides is 2. The maximum atomic E-state index is 12.2. The molecule has 0 aromatic heterocycles. The Kier molecular flexibility index (Phi) is 5.55. The highest BCUT2D eigenvalue weighted by Gasteiger charge is 2.29. The molecule has 0 radical (unpaired) electrons. The Labute approximate surface area is 132 Å². The molecular weight excluding hydrogens is 278 g/mol. The SMILES string of the molecule is CCN(CC)C(=O)c1ccc(NC(=O)[C@@H]2CNC[C@H]2C)cc1. The Morgan fingerprint density at radius 1 is 1.18 bits per heavy atom. The molecule has 2 amide bonds. The summed E-state index contributed by atoms with van der Waals surface area (Å²) in [6, 6.07) is 7.13. The van der Waals surface area contributed by atoms with Crippen LogP contribution in [0, 0.1) is 11.8 Å². The fourth-order valence-corrected chi connectivity index (χ4v) is 2.79. The van der Waals surface area contributed by atoms with Crippen LogP contribution in [0.15, 0.2) is 24.3 Å². The lowest BCUT2D eigenvalue weighted by Crippen LogP contribution is -2.30. The van der Waals surface area contributed by atoms with E-state index in [1.165, 1.54) is 0 Å². The van der Waals surface area contributed by atoms with Crippen LogP contribution in [0.4, 0.5) is 5.69 Å². The average molecular weight is 303 g/mol. The summed E-state index contributed by atoms with van der Waals surface area (Å²) in [6.07, 6.45) is 0. The summed E-state index contributed by atoms with van der Waals surface area (Å²) in [5, 5.41) is 6.16. The molecule has 1 aromatic rings. The third-order valence-electron chi connectivity index (χ3n) is 4.30. The van der Waals surface area contributed by atoms with E-state index in [-0.39, 0.29) is 17.7 Å². The van der Waals surface area contributed by atoms with Crippen molar-refractivity contribution in [1.82, 2.24) is 10.2 Å². The molecule has 2 atom stereocenters. The van der Waals surface area contributed by atoms with Crippen LogP contribution in [0.25, 0.3) is 0 Å². The zero-order chi connectivity index (χ0) is 16.1. The molecule has 2 N–H and O–H groups in total. The number of hydrogen-bond donors (Lipinski definition) is 2. The molecule has 1 aromatic carbocycles. The van der Waals surface area contributed by atoms with Crippen molar-refractivity contribution in [2.45, 2.75) is 20.8 Å². The Balaban J connectivity index is 2.00. The van der Waals surface area contributed by atoms with Gasteiger partial charge in [0.25, 0.3) is 5.91 Å². The average Bonchev–Trinajstić information content (AvgIpc) is 2.95. The zero-order valence-corrected chi connectivity index (χ0v) is 13.6. The van der Waals surface area contributed by atoms with Gasteiger partial charge in [-0.05, 0) is 50.6 Å². The summed E-state index contributed by atoms with van der Waals surface area (Å²) >= 11 is 0. The highest BCUT2D eigenvalue weighted by Crippen LogP contribution is 2.19. The van der Waals surface area contributed by atoms with E-state index in [0.29, 0.717) is 24.6 Å². The van der Waals surface area contributed by atoms with E-state index >= 15 is 0 Å². The van der Waals surface area contributed by atoms with Crippen molar-refractivity contribution in [3.8, 4) is 0 Å². The van der Waals surface area contributed by atoms with Crippen LogP contribution in [0.1, 0.15) is 31.1 Å². The maximum absolute atomic E-state index is 12.2. The van der Waals surface area contributed by atoms with Gasteiger partial charge in [-0.2, -0.15) is 0 Å². The quantitative estimate of drug-likeness (QED) is 0.874. The second-order valence-electron chi connectivity index (χ2n) is 5.79. The first-order valence-electron chi connectivity index (χ1n) is 7.97. The van der Waals surface area contributed by atoms with E-state index in [0.717, 1.165) is 18.8 Å². The molecule has 120 valence electrons. The lowest BCUT2D eigenvalue weighted by molar-refractivity contribution is -0.120. The molecular formula is C17H25N3O2. The summed E-state index contributed by atoms with van der Waals surface area (Å²) < 4.78 is 0. The fourth-order valence-electron chi connectivity index (χ4n) is 2.79. The van der Waals surface area contributed by atoms with E-state index in [1.54, 1.807) is 29.2 Å². The van der Waals surface area contributed by atoms with E-state index in [2.05, 4.69) is 17.6 Å². The highest BCUT2D eigenvalue weighted by atomic mass is 16.2. The third-order valence-corrected chi connectivity index (χ3v) is 4.30. The molecule has 1 saturated heterocycles. The second-order valence-corrected chi connectivity index (χ2v) is 5.79. The minimum Gasteiger partial charge on any atom is -0.339 e. The predicted molar refractivity (Wildman–Crippen MR) is 87.8 cm³/mol. The van der Waals surface area contributed by atoms with Gasteiger partial charge in [-0.1, -0.05) is 6.92 Å². The lowest BCUT2D eigenvalue weighted by Gasteiger charge is -2.19. The van der Waals surface area contributed by atoms with Crippen LogP contribution >= 0.6 is 0 Å². The Hall–Kier alpha value is -1.88. The Bertz CT molecular complexity index is 523. The molecule has 5 heteroatoms. The molecule has 1 heterocycles. The minimum atomic E-state index is 0.0111. The number of nitrogens with zero attached hydrogens (tertiary/aromatic N) is 1. The van der Waals surface area contributed by atoms with Crippen LogP contribution in [0.5, 0.6) is 0 Å². The number of benzene rings is 1. The molecule has 1 aliphatic heterocycles. The van der Waals surface area contributed by atoms with Crippen molar-refractivity contribution in [3.05, 3.63) is 29.8 Å². The third kappa shape index (κ3) is 3.65. The topological polar surface area (TPSA) is 61.4 Å². The van der Waals surface area contributed by atoms with Crippen molar-refractivity contribution in [3.63, 3.8) is 0 Å². The van der Waals surface area contributed by atoms with E-state index < -0.39 is 0 Å². The molecule has 0 saturated carbocycles. The van der Waals surface area contributed by atoms with Crippen LogP contribution < -0.4 is 10.6 Å². The normalized spacial score (nSPS) is 20.7. The van der Waals surface area contributed by atoms with Crippen molar-refractivity contribution < 1.29 is 9.59 Å². The van der Waals surface area contributed by atoms with Gasteiger partial charge in [-0.3, -0.25) is 9.59 Å². The lowest BCUT2D eigenvalue weighted by atomic mass is 9.97. The van der Waals surface area contributed by atoms with Crippen LogP contribution in [-0.4, -0.2) is 42.9 Å². The fraction of sp³-hybridized carbons (Fsp3) is 0.529. The molecule has 2 rings (SSSR count). The molecule has 22 heavy (non-hydrogen) atoms. The van der Waals surface area contributed by atoms with Crippen molar-refractivity contribution in [2.24, 2.45) is 11.8 Å². The molecule has 0 aliphatic carbocycles. The number of anilines is 1. The van der Waals surface area contributed by atoms with Crippen LogP contribution in [-0.2, 0) is 4.79 Å². The predicted octanol–water partition coefficient (Wildman–Crippen LogP) is 1.96. The second kappa shape index (κ2) is 7.40. The van der Waals surface area contributed by atoms with Gasteiger partial charge >= 0.3 is 0 Å². The van der Waals surface area contributed by atoms with Gasteiger partial charge in [0.1, 0.15) is 0 Å². The maximum Gasteiger partial charge on any atom is 0.253 e. The van der Waals surface area contributed by atoms with Gasteiger partial charge in [0.2, 0.25) is 5.91 Å². The number of hydrogen-bond acceptors (Lipinski definition) is 3. The van der Waals surface area contributed by atoms with Gasteiger partial charge in [-0.25, -0.2) is 0 Å². The number of rotatable bonds is 5. The summed E-state index contributed by atoms with van der Waals surface area (Å²) in [5.41, 5.74) is 1.39. The number of carbonyl (C=O) groups excluding carboxylic acids is 2. The van der Waals surface area contributed by atoms with Gasteiger partial charge < -0.3 is 15.5 Å². The van der Waals surface area contributed by atoms with Crippen LogP contribution in [0.2, 0.25) is 0 Å². The zero-order valence-electron chi connectivity index (χ0n) is 13.6. The van der Waals surface area contributed by atoms with Gasteiger partial charge in [0.15, 0.2) is 0 Å². The smallest absolute Gasteiger partial charge is 0.253 e. The molecule has 5 nitrogen and oxygen atoms in total. The number of carbonyl (C=O) groups is 2. The summed E-state index contributed by atoms with van der Waals surface area (Å²) in [6.45, 7) is 9.01. The van der Waals surface area contributed by atoms with Crippen molar-refractivity contribution >= 4 is 17.5 Å². The first kappa shape index (κ1) is 16.5. The minimum absolute atomic E-state index is 0.0111. The molecule has 0 unspecified atom stereocenters. The van der Waals surface area contributed by atoms with E-state index in [4.69, 9.17) is 0 Å². The van der Waals surface area contributed by atoms with Gasteiger partial charge in [0, 0.05) is 30.9 Å². The molecule has 1 fully saturated rings. The highest BCUT2D eigenvalue weighted by molar-refractivity contribution is 5.96. The number of nitrogens with one attached hydrogen (secondary N) is 2. The largest absolute Gasteiger partial charge is 0.339 e. The van der Waals surface area contributed by atoms with Crippen molar-refractivity contribution in [2.75, 3.05) is 31.5 Å². The molecule has 1 aliphatic rings. The monoisotopic (exact) mass is 303 g/mol. The summed E-state index contributed by atoms with van der Waals surface area (Å²) in [7, 11) is 0. The summed E-state index contributed by atoms with van der Waals surface area (Å²) in [5.74, 6) is 0.428. The first-order valence-corrected chi connectivity index (χ1v) is 7.97. The van der Waals surface area contributed by atoms with Crippen LogP contribution in [0.3, 0.4) is 0 Å². The first-order chi connectivity index (χ1) is 10.6.